The minimum atomic E-state index is -1.09. The normalized spacial score (nSPS) is 10.7. The van der Waals surface area contributed by atoms with E-state index in [0.717, 1.165) is 21.8 Å². The summed E-state index contributed by atoms with van der Waals surface area (Å²) in [6.45, 7) is 4.08. The zero-order valence-corrected chi connectivity index (χ0v) is 14.4. The molecule has 0 aliphatic rings. The Balaban J connectivity index is 1.95. The maximum Gasteiger partial charge on any atom is 0.188 e. The van der Waals surface area contributed by atoms with E-state index in [4.69, 9.17) is 0 Å². The van der Waals surface area contributed by atoms with E-state index in [2.05, 4.69) is 16.4 Å². The van der Waals surface area contributed by atoms with Gasteiger partial charge in [-0.25, -0.2) is 4.98 Å². The summed E-state index contributed by atoms with van der Waals surface area (Å²) in [5.41, 5.74) is 4.02. The van der Waals surface area contributed by atoms with Gasteiger partial charge in [-0.2, -0.15) is 0 Å². The highest BCUT2D eigenvalue weighted by molar-refractivity contribution is 7.17. The molecule has 2 aromatic heterocycles. The monoisotopic (exact) mass is 343 g/mol. The molecule has 0 atom stereocenters. The van der Waals surface area contributed by atoms with Gasteiger partial charge in [0.1, 0.15) is 0 Å². The van der Waals surface area contributed by atoms with Crippen LogP contribution in [0.1, 0.15) is 16.0 Å². The number of anilines is 2. The van der Waals surface area contributed by atoms with E-state index in [1.807, 2.05) is 43.5 Å². The van der Waals surface area contributed by atoms with Crippen LogP contribution in [0.25, 0.3) is 10.6 Å². The number of carboxylic acids is 1. The third kappa shape index (κ3) is 3.60. The van der Waals surface area contributed by atoms with Crippen molar-refractivity contribution in [2.24, 2.45) is 0 Å². The van der Waals surface area contributed by atoms with Gasteiger partial charge in [-0.15, -0.1) is 22.7 Å². The molecule has 3 rings (SSSR count). The molecule has 0 aliphatic heterocycles. The minimum Gasteiger partial charge on any atom is -0.550 e. The molecular formula is C17H15N2O2S2-. The smallest absolute Gasteiger partial charge is 0.188 e. The van der Waals surface area contributed by atoms with E-state index >= 15 is 0 Å². The van der Waals surface area contributed by atoms with Crippen molar-refractivity contribution in [3.8, 4) is 10.6 Å². The Morgan fingerprint density at radius 3 is 2.78 bits per heavy atom. The number of carboxylic acid groups (broad SMARTS) is 1. The van der Waals surface area contributed by atoms with Crippen molar-refractivity contribution in [2.45, 2.75) is 20.3 Å². The molecule has 1 N–H and O–H groups in total. The van der Waals surface area contributed by atoms with Crippen LogP contribution < -0.4 is 10.4 Å². The van der Waals surface area contributed by atoms with Crippen molar-refractivity contribution >= 4 is 39.5 Å². The number of nitrogens with zero attached hydrogens (tertiary/aromatic N) is 1. The highest BCUT2D eigenvalue weighted by Gasteiger charge is 2.15. The highest BCUT2D eigenvalue weighted by Crippen LogP contribution is 2.35. The molecule has 0 radical (unpaired) electrons. The number of benzene rings is 1. The molecular weight excluding hydrogens is 328 g/mol. The maximum atomic E-state index is 11.0. The molecule has 0 spiro atoms. The molecule has 1 aromatic carbocycles. The minimum absolute atomic E-state index is 0.126. The molecule has 0 aliphatic carbocycles. The lowest BCUT2D eigenvalue weighted by molar-refractivity contribution is -0.304. The highest BCUT2D eigenvalue weighted by atomic mass is 32.1. The van der Waals surface area contributed by atoms with Gasteiger partial charge in [0.05, 0.1) is 10.6 Å². The fourth-order valence-electron chi connectivity index (χ4n) is 2.33. The molecule has 0 amide bonds. The summed E-state index contributed by atoms with van der Waals surface area (Å²) in [6.07, 6.45) is -0.126. The number of nitrogens with one attached hydrogen (secondary N) is 1. The molecule has 2 heterocycles. The van der Waals surface area contributed by atoms with Gasteiger partial charge in [-0.05, 0) is 36.9 Å². The van der Waals surface area contributed by atoms with Crippen LogP contribution >= 0.6 is 22.7 Å². The number of carbonyl (C=O) groups excluding carboxylic acids is 1. The van der Waals surface area contributed by atoms with Crippen LogP contribution in [0.15, 0.2) is 35.7 Å². The summed E-state index contributed by atoms with van der Waals surface area (Å²) < 4.78 is 0. The van der Waals surface area contributed by atoms with Crippen molar-refractivity contribution in [3.05, 3.63) is 51.7 Å². The molecule has 3 aromatic rings. The third-order valence-electron chi connectivity index (χ3n) is 3.38. The fraction of sp³-hybridized carbons (Fsp3) is 0.176. The molecule has 0 saturated carbocycles. The van der Waals surface area contributed by atoms with Gasteiger partial charge in [0, 0.05) is 23.0 Å². The van der Waals surface area contributed by atoms with Crippen LogP contribution in [-0.4, -0.2) is 11.0 Å². The number of hydrogen-bond donors (Lipinski definition) is 1. The second kappa shape index (κ2) is 6.52. The predicted molar refractivity (Wildman–Crippen MR) is 93.3 cm³/mol. The molecule has 0 bridgehead atoms. The van der Waals surface area contributed by atoms with E-state index in [1.54, 1.807) is 11.3 Å². The molecule has 6 heteroatoms. The quantitative estimate of drug-likeness (QED) is 0.770. The number of hydrogen-bond acceptors (Lipinski definition) is 6. The Kier molecular flexibility index (Phi) is 4.45. The lowest BCUT2D eigenvalue weighted by atomic mass is 10.1. The topological polar surface area (TPSA) is 65.0 Å². The Labute approximate surface area is 142 Å². The van der Waals surface area contributed by atoms with Crippen LogP contribution in [0.2, 0.25) is 0 Å². The van der Waals surface area contributed by atoms with Gasteiger partial charge in [-0.1, -0.05) is 23.8 Å². The van der Waals surface area contributed by atoms with E-state index < -0.39 is 5.97 Å². The van der Waals surface area contributed by atoms with Gasteiger partial charge < -0.3 is 15.2 Å². The Morgan fingerprint density at radius 1 is 1.30 bits per heavy atom. The Bertz CT molecular complexity index is 838. The molecule has 0 fully saturated rings. The molecule has 118 valence electrons. The zero-order valence-electron chi connectivity index (χ0n) is 12.8. The lowest BCUT2D eigenvalue weighted by Gasteiger charge is -2.07. The van der Waals surface area contributed by atoms with Crippen LogP contribution in [0.5, 0.6) is 0 Å². The summed E-state index contributed by atoms with van der Waals surface area (Å²) in [7, 11) is 0. The summed E-state index contributed by atoms with van der Waals surface area (Å²) in [5, 5.41) is 16.9. The van der Waals surface area contributed by atoms with Crippen LogP contribution in [0, 0.1) is 13.8 Å². The van der Waals surface area contributed by atoms with E-state index in [1.165, 1.54) is 16.9 Å². The number of carbonyl (C=O) groups is 1. The van der Waals surface area contributed by atoms with Crippen molar-refractivity contribution in [2.75, 3.05) is 5.32 Å². The van der Waals surface area contributed by atoms with Crippen molar-refractivity contribution in [1.82, 2.24) is 4.98 Å². The lowest BCUT2D eigenvalue weighted by Crippen LogP contribution is -2.24. The van der Waals surface area contributed by atoms with Crippen molar-refractivity contribution in [1.29, 1.82) is 0 Å². The molecule has 4 nitrogen and oxygen atoms in total. The number of aliphatic carboxylic acids is 1. The van der Waals surface area contributed by atoms with Crippen molar-refractivity contribution < 1.29 is 9.90 Å². The van der Waals surface area contributed by atoms with Gasteiger partial charge in [0.2, 0.25) is 0 Å². The molecule has 23 heavy (non-hydrogen) atoms. The average molecular weight is 343 g/mol. The Morgan fingerprint density at radius 2 is 2.13 bits per heavy atom. The van der Waals surface area contributed by atoms with Crippen LogP contribution in [0.3, 0.4) is 0 Å². The number of aryl methyl sites for hydroxylation is 2. The number of thiazole rings is 1. The summed E-state index contributed by atoms with van der Waals surface area (Å²) in [6, 6.07) is 10.0. The standard InChI is InChI=1S/C17H16N2O2S2/c1-10-5-6-12(11(2)8-10)18-17-19-16(13-4-3-7-22-13)14(23-17)9-15(20)21/h3-8H,9H2,1-2H3,(H,18,19)(H,20,21)/p-1. The fourth-order valence-corrected chi connectivity index (χ4v) is 4.11. The van der Waals surface area contributed by atoms with Crippen molar-refractivity contribution in [3.63, 3.8) is 0 Å². The first-order valence-corrected chi connectivity index (χ1v) is 8.80. The Hall–Kier alpha value is -2.18. The first-order valence-electron chi connectivity index (χ1n) is 7.10. The van der Waals surface area contributed by atoms with E-state index in [0.29, 0.717) is 10.0 Å². The van der Waals surface area contributed by atoms with E-state index in [-0.39, 0.29) is 6.42 Å². The SMILES string of the molecule is Cc1ccc(Nc2nc(-c3cccs3)c(CC(=O)[O-])s2)c(C)c1. The van der Waals surface area contributed by atoms with Gasteiger partial charge >= 0.3 is 0 Å². The third-order valence-corrected chi connectivity index (χ3v) is 5.23. The van der Waals surface area contributed by atoms with Crippen LogP contribution in [-0.2, 0) is 11.2 Å². The first-order chi connectivity index (χ1) is 11.0. The van der Waals surface area contributed by atoms with Gasteiger partial charge in [0.15, 0.2) is 5.13 Å². The van der Waals surface area contributed by atoms with E-state index in [9.17, 15) is 9.90 Å². The molecule has 0 saturated heterocycles. The predicted octanol–water partition coefficient (Wildman–Crippen LogP) is 3.52. The molecule has 0 unspecified atom stereocenters. The van der Waals surface area contributed by atoms with Crippen LogP contribution in [0.4, 0.5) is 10.8 Å². The number of thiophene rings is 1. The maximum absolute atomic E-state index is 11.0. The number of rotatable bonds is 5. The second-order valence-electron chi connectivity index (χ2n) is 5.26. The summed E-state index contributed by atoms with van der Waals surface area (Å²) in [5.74, 6) is -1.09. The average Bonchev–Trinajstić information content (AvgIpc) is 3.11. The number of aromatic nitrogens is 1. The zero-order chi connectivity index (χ0) is 16.4. The largest absolute Gasteiger partial charge is 0.550 e. The van der Waals surface area contributed by atoms with Gasteiger partial charge in [-0.3, -0.25) is 0 Å². The second-order valence-corrected chi connectivity index (χ2v) is 7.29. The summed E-state index contributed by atoms with van der Waals surface area (Å²) in [4.78, 5) is 17.3. The summed E-state index contributed by atoms with van der Waals surface area (Å²) >= 11 is 2.90. The first kappa shape index (κ1) is 15.7. The van der Waals surface area contributed by atoms with Gasteiger partial charge in [0.25, 0.3) is 0 Å².